The van der Waals surface area contributed by atoms with Gasteiger partial charge in [0.2, 0.25) is 11.8 Å². The number of hydrogen-bond acceptors (Lipinski definition) is 8. The first-order valence-electron chi connectivity index (χ1n) is 12.1. The second-order valence-corrected chi connectivity index (χ2v) is 9.73. The largest absolute Gasteiger partial charge is 0.444 e. The third-order valence-electron chi connectivity index (χ3n) is 5.79. The number of alkyl carbamates (subject to hydrolysis) is 1. The van der Waals surface area contributed by atoms with Gasteiger partial charge in [-0.2, -0.15) is 5.06 Å². The van der Waals surface area contributed by atoms with E-state index in [1.54, 1.807) is 4.90 Å². The van der Waals surface area contributed by atoms with Gasteiger partial charge in [0.05, 0.1) is 6.04 Å². The smallest absolute Gasteiger partial charge is 0.407 e. The molecule has 2 bridgehead atoms. The third-order valence-corrected chi connectivity index (χ3v) is 5.79. The van der Waals surface area contributed by atoms with Gasteiger partial charge in [-0.3, -0.25) is 4.84 Å². The number of carbonyl (C=O) groups excluding carboxylic acids is 2. The lowest BCUT2D eigenvalue weighted by atomic mass is 10.0. The van der Waals surface area contributed by atoms with Crippen LogP contribution in [-0.2, 0) is 22.6 Å². The molecule has 0 saturated carbocycles. The minimum absolute atomic E-state index is 0.0309. The highest BCUT2D eigenvalue weighted by molar-refractivity contribution is 5.77. The molecule has 2 atom stereocenters. The number of benzene rings is 1. The molecule has 11 nitrogen and oxygen atoms in total. The van der Waals surface area contributed by atoms with E-state index >= 15 is 0 Å². The molecule has 2 aromatic rings. The molecule has 2 unspecified atom stereocenters. The fourth-order valence-electron chi connectivity index (χ4n) is 4.16. The Bertz CT molecular complexity index is 992. The van der Waals surface area contributed by atoms with Gasteiger partial charge in [-0.1, -0.05) is 30.3 Å². The molecule has 3 heterocycles. The average molecular weight is 487 g/mol. The van der Waals surface area contributed by atoms with Crippen molar-refractivity contribution in [3.63, 3.8) is 0 Å². The number of nitrogens with one attached hydrogen (secondary N) is 2. The van der Waals surface area contributed by atoms with E-state index in [4.69, 9.17) is 14.0 Å². The Labute approximate surface area is 205 Å². The maximum absolute atomic E-state index is 13.0. The standard InChI is InChI=1S/C24H34N6O5/c1-24(2,3)35-22(31)26-14-13-25-12-11-20-27-28-21(34-20)19-10-9-18-15-29(19)23(32)30(18)33-16-17-7-5-4-6-8-17/h4-8,18-19,25H,9-16H2,1-3H3,(H,26,31). The van der Waals surface area contributed by atoms with Gasteiger partial charge in [0.25, 0.3) is 0 Å². The number of urea groups is 1. The molecular weight excluding hydrogens is 452 g/mol. The number of rotatable bonds is 10. The molecule has 0 aliphatic carbocycles. The maximum atomic E-state index is 13.0. The van der Waals surface area contributed by atoms with E-state index in [9.17, 15) is 9.59 Å². The molecule has 2 fully saturated rings. The van der Waals surface area contributed by atoms with Crippen LogP contribution in [0.5, 0.6) is 0 Å². The Kier molecular flexibility index (Phi) is 7.86. The Morgan fingerprint density at radius 2 is 1.94 bits per heavy atom. The van der Waals surface area contributed by atoms with Crippen LogP contribution in [0.2, 0.25) is 0 Å². The molecule has 11 heteroatoms. The van der Waals surface area contributed by atoms with Gasteiger partial charge in [-0.15, -0.1) is 10.2 Å². The first-order valence-corrected chi connectivity index (χ1v) is 12.1. The number of fused-ring (bicyclic) bond motifs is 2. The molecular formula is C24H34N6O5. The first kappa shape index (κ1) is 24.9. The maximum Gasteiger partial charge on any atom is 0.407 e. The van der Waals surface area contributed by atoms with Crippen molar-refractivity contribution in [3.05, 3.63) is 47.7 Å². The van der Waals surface area contributed by atoms with Gasteiger partial charge in [0.15, 0.2) is 0 Å². The summed E-state index contributed by atoms with van der Waals surface area (Å²) >= 11 is 0. The highest BCUT2D eigenvalue weighted by atomic mass is 16.7. The van der Waals surface area contributed by atoms with Crippen LogP contribution < -0.4 is 10.6 Å². The fourth-order valence-corrected chi connectivity index (χ4v) is 4.16. The number of hydrogen-bond donors (Lipinski definition) is 2. The highest BCUT2D eigenvalue weighted by Crippen LogP contribution is 2.38. The zero-order valence-electron chi connectivity index (χ0n) is 20.5. The number of carbonyl (C=O) groups is 2. The molecule has 1 aromatic carbocycles. The van der Waals surface area contributed by atoms with E-state index in [2.05, 4.69) is 20.8 Å². The van der Waals surface area contributed by atoms with Gasteiger partial charge < -0.3 is 24.7 Å². The van der Waals surface area contributed by atoms with E-state index in [0.29, 0.717) is 51.0 Å². The summed E-state index contributed by atoms with van der Waals surface area (Å²) in [6.45, 7) is 8.07. The van der Waals surface area contributed by atoms with Crippen molar-refractivity contribution >= 4 is 12.1 Å². The van der Waals surface area contributed by atoms with E-state index in [1.165, 1.54) is 5.06 Å². The SMILES string of the molecule is CC(C)(C)OC(=O)NCCNCCc1nnc(C2CCC3CN2C(=O)N3OCc2ccccc2)o1. The highest BCUT2D eigenvalue weighted by Gasteiger charge is 2.47. The quantitative estimate of drug-likeness (QED) is 0.492. The van der Waals surface area contributed by atoms with Gasteiger partial charge in [-0.05, 0) is 39.2 Å². The van der Waals surface area contributed by atoms with Crippen LogP contribution in [0.15, 0.2) is 34.7 Å². The topological polar surface area (TPSA) is 122 Å². The number of amides is 3. The molecule has 1 aromatic heterocycles. The molecule has 0 spiro atoms. The van der Waals surface area contributed by atoms with Crippen LogP contribution in [-0.4, -0.2) is 70.1 Å². The third kappa shape index (κ3) is 6.70. The Balaban J connectivity index is 1.20. The van der Waals surface area contributed by atoms with Crippen molar-refractivity contribution in [1.29, 1.82) is 0 Å². The number of piperidine rings is 1. The number of nitrogens with zero attached hydrogens (tertiary/aromatic N) is 4. The summed E-state index contributed by atoms with van der Waals surface area (Å²) in [5, 5.41) is 15.8. The van der Waals surface area contributed by atoms with Gasteiger partial charge in [0, 0.05) is 32.6 Å². The minimum atomic E-state index is -0.514. The molecule has 4 rings (SSSR count). The van der Waals surface area contributed by atoms with Crippen molar-refractivity contribution in [3.8, 4) is 0 Å². The zero-order chi connectivity index (χ0) is 24.8. The van der Waals surface area contributed by atoms with E-state index in [-0.39, 0.29) is 18.1 Å². The van der Waals surface area contributed by atoms with Crippen LogP contribution in [0.1, 0.15) is 57.0 Å². The van der Waals surface area contributed by atoms with Gasteiger partial charge >= 0.3 is 12.1 Å². The molecule has 2 saturated heterocycles. The predicted molar refractivity (Wildman–Crippen MR) is 126 cm³/mol. The van der Waals surface area contributed by atoms with Gasteiger partial charge in [-0.25, -0.2) is 9.59 Å². The van der Waals surface area contributed by atoms with E-state index in [1.807, 2.05) is 51.1 Å². The van der Waals surface area contributed by atoms with Crippen LogP contribution >= 0.6 is 0 Å². The lowest BCUT2D eigenvalue weighted by Gasteiger charge is -2.27. The Hall–Kier alpha value is -3.18. The van der Waals surface area contributed by atoms with E-state index in [0.717, 1.165) is 18.4 Å². The summed E-state index contributed by atoms with van der Waals surface area (Å²) in [4.78, 5) is 32.2. The molecule has 2 aliphatic heterocycles. The van der Waals surface area contributed by atoms with Crippen molar-refractivity contribution in [2.45, 2.75) is 64.3 Å². The second-order valence-electron chi connectivity index (χ2n) is 9.73. The summed E-state index contributed by atoms with van der Waals surface area (Å²) in [6, 6.07) is 9.43. The molecule has 2 aliphatic rings. The summed E-state index contributed by atoms with van der Waals surface area (Å²) in [7, 11) is 0. The fraction of sp³-hybridized carbons (Fsp3) is 0.583. The monoisotopic (exact) mass is 486 g/mol. The first-order chi connectivity index (χ1) is 16.8. The lowest BCUT2D eigenvalue weighted by Crippen LogP contribution is -2.36. The van der Waals surface area contributed by atoms with Crippen molar-refractivity contribution in [1.82, 2.24) is 30.8 Å². The van der Waals surface area contributed by atoms with Crippen molar-refractivity contribution in [2.75, 3.05) is 26.2 Å². The van der Waals surface area contributed by atoms with Crippen molar-refractivity contribution < 1.29 is 23.6 Å². The number of ether oxygens (including phenoxy) is 1. The van der Waals surface area contributed by atoms with Crippen LogP contribution in [0.25, 0.3) is 0 Å². The summed E-state index contributed by atoms with van der Waals surface area (Å²) in [5.41, 5.74) is 0.503. The Morgan fingerprint density at radius 3 is 2.71 bits per heavy atom. The second kappa shape index (κ2) is 11.0. The van der Waals surface area contributed by atoms with E-state index < -0.39 is 11.7 Å². The lowest BCUT2D eigenvalue weighted by molar-refractivity contribution is -0.140. The zero-order valence-corrected chi connectivity index (χ0v) is 20.5. The van der Waals surface area contributed by atoms with Crippen molar-refractivity contribution in [2.24, 2.45) is 0 Å². The molecule has 0 radical (unpaired) electrons. The molecule has 35 heavy (non-hydrogen) atoms. The van der Waals surface area contributed by atoms with Gasteiger partial charge in [0.1, 0.15) is 18.2 Å². The number of hydroxylamine groups is 2. The summed E-state index contributed by atoms with van der Waals surface area (Å²) in [5.74, 6) is 0.974. The average Bonchev–Trinajstić information content (AvgIpc) is 3.38. The normalized spacial score (nSPS) is 19.8. The van der Waals surface area contributed by atoms with Crippen LogP contribution in [0.4, 0.5) is 9.59 Å². The minimum Gasteiger partial charge on any atom is -0.444 e. The molecule has 3 amide bonds. The summed E-state index contributed by atoms with van der Waals surface area (Å²) in [6.07, 6.45) is 1.68. The molecule has 2 N–H and O–H groups in total. The summed E-state index contributed by atoms with van der Waals surface area (Å²) < 4.78 is 11.1. The predicted octanol–water partition coefficient (Wildman–Crippen LogP) is 2.80. The number of aromatic nitrogens is 2. The molecule has 190 valence electrons. The van der Waals surface area contributed by atoms with Crippen LogP contribution in [0.3, 0.4) is 0 Å². The Morgan fingerprint density at radius 1 is 1.14 bits per heavy atom. The van der Waals surface area contributed by atoms with Crippen LogP contribution in [0, 0.1) is 0 Å².